The highest BCUT2D eigenvalue weighted by molar-refractivity contribution is 6.31. The van der Waals surface area contributed by atoms with Crippen molar-refractivity contribution < 1.29 is 9.13 Å². The molecule has 0 spiro atoms. The largest absolute Gasteiger partial charge is 0.454 e. The van der Waals surface area contributed by atoms with Crippen molar-refractivity contribution in [3.05, 3.63) is 58.4 Å². The van der Waals surface area contributed by atoms with Crippen LogP contribution in [0.15, 0.2) is 36.4 Å². The molecule has 0 aromatic heterocycles. The van der Waals surface area contributed by atoms with Crippen molar-refractivity contribution in [2.45, 2.75) is 26.3 Å². The molecule has 0 amide bonds. The molecule has 1 unspecified atom stereocenters. The van der Waals surface area contributed by atoms with Gasteiger partial charge in [-0.2, -0.15) is 0 Å². The van der Waals surface area contributed by atoms with E-state index >= 15 is 0 Å². The molecule has 20 heavy (non-hydrogen) atoms. The highest BCUT2D eigenvalue weighted by atomic mass is 35.5. The molecule has 2 N–H and O–H groups in total. The summed E-state index contributed by atoms with van der Waals surface area (Å²) in [6.45, 7) is 3.61. The Labute approximate surface area is 123 Å². The molecule has 2 aromatic rings. The summed E-state index contributed by atoms with van der Waals surface area (Å²) >= 11 is 6.18. The van der Waals surface area contributed by atoms with Crippen LogP contribution in [-0.2, 0) is 6.42 Å². The summed E-state index contributed by atoms with van der Waals surface area (Å²) in [5.41, 5.74) is 7.25. The van der Waals surface area contributed by atoms with E-state index in [0.29, 0.717) is 22.8 Å². The van der Waals surface area contributed by atoms with Crippen LogP contribution in [0.5, 0.6) is 11.5 Å². The van der Waals surface area contributed by atoms with Crippen molar-refractivity contribution in [2.24, 2.45) is 5.73 Å². The minimum absolute atomic E-state index is 0.0356. The lowest BCUT2D eigenvalue weighted by atomic mass is 10.1. The van der Waals surface area contributed by atoms with Gasteiger partial charge in [0.2, 0.25) is 0 Å². The van der Waals surface area contributed by atoms with Gasteiger partial charge in [0.1, 0.15) is 5.75 Å². The third-order valence-electron chi connectivity index (χ3n) is 2.95. The second-order valence-corrected chi connectivity index (χ2v) is 5.33. The molecule has 0 fully saturated rings. The molecule has 2 rings (SSSR count). The molecule has 0 aliphatic heterocycles. The Morgan fingerprint density at radius 2 is 2.05 bits per heavy atom. The van der Waals surface area contributed by atoms with Crippen molar-refractivity contribution in [3.8, 4) is 11.5 Å². The number of rotatable bonds is 4. The van der Waals surface area contributed by atoms with Gasteiger partial charge in [-0.3, -0.25) is 0 Å². The average Bonchev–Trinajstić information content (AvgIpc) is 2.38. The maximum absolute atomic E-state index is 13.9. The minimum atomic E-state index is -0.358. The molecule has 0 bridgehead atoms. The van der Waals surface area contributed by atoms with Gasteiger partial charge >= 0.3 is 0 Å². The van der Waals surface area contributed by atoms with Crippen molar-refractivity contribution in [1.29, 1.82) is 0 Å². The molecule has 106 valence electrons. The van der Waals surface area contributed by atoms with Crippen LogP contribution < -0.4 is 10.5 Å². The third-order valence-corrected chi connectivity index (χ3v) is 3.30. The van der Waals surface area contributed by atoms with E-state index < -0.39 is 0 Å². The van der Waals surface area contributed by atoms with Gasteiger partial charge in [0.25, 0.3) is 0 Å². The highest BCUT2D eigenvalue weighted by Crippen LogP contribution is 2.29. The standard InChI is InChI=1S/C16H17ClFNO/c1-10-4-3-5-15(16(10)18)20-13-7-6-12(8-11(2)19)14(17)9-13/h3-7,9,11H,8,19H2,1-2H3. The first kappa shape index (κ1) is 14.8. The Balaban J connectivity index is 2.22. The summed E-state index contributed by atoms with van der Waals surface area (Å²) in [6, 6.07) is 10.4. The zero-order valence-corrected chi connectivity index (χ0v) is 12.2. The third kappa shape index (κ3) is 3.50. The molecule has 0 aliphatic rings. The SMILES string of the molecule is Cc1cccc(Oc2ccc(CC(C)N)c(Cl)c2)c1F. The van der Waals surface area contributed by atoms with Crippen LogP contribution in [0.4, 0.5) is 4.39 Å². The maximum Gasteiger partial charge on any atom is 0.168 e. The first-order valence-electron chi connectivity index (χ1n) is 6.44. The fraction of sp³-hybridized carbons (Fsp3) is 0.250. The van der Waals surface area contributed by atoms with E-state index in [2.05, 4.69) is 0 Å². The number of ether oxygens (including phenoxy) is 1. The average molecular weight is 294 g/mol. The van der Waals surface area contributed by atoms with Gasteiger partial charge in [-0.05, 0) is 49.6 Å². The Hall–Kier alpha value is -1.58. The van der Waals surface area contributed by atoms with Gasteiger partial charge in [0.05, 0.1) is 0 Å². The number of hydrogen-bond donors (Lipinski definition) is 1. The monoisotopic (exact) mass is 293 g/mol. The molecule has 2 aromatic carbocycles. The van der Waals surface area contributed by atoms with Crippen LogP contribution in [0.25, 0.3) is 0 Å². The molecule has 4 heteroatoms. The van der Waals surface area contributed by atoms with Gasteiger partial charge in [0, 0.05) is 11.1 Å². The van der Waals surface area contributed by atoms with Gasteiger partial charge in [-0.15, -0.1) is 0 Å². The van der Waals surface area contributed by atoms with Gasteiger partial charge < -0.3 is 10.5 Å². The maximum atomic E-state index is 13.9. The number of nitrogens with two attached hydrogens (primary N) is 1. The summed E-state index contributed by atoms with van der Waals surface area (Å²) < 4.78 is 19.4. The van der Waals surface area contributed by atoms with Crippen molar-refractivity contribution in [3.63, 3.8) is 0 Å². The number of hydrogen-bond acceptors (Lipinski definition) is 2. The van der Waals surface area contributed by atoms with E-state index in [4.69, 9.17) is 22.1 Å². The number of halogens is 2. The first-order valence-corrected chi connectivity index (χ1v) is 6.82. The molecule has 0 aliphatic carbocycles. The van der Waals surface area contributed by atoms with Gasteiger partial charge in [-0.1, -0.05) is 29.8 Å². The zero-order valence-electron chi connectivity index (χ0n) is 11.5. The molecule has 0 heterocycles. The van der Waals surface area contributed by atoms with E-state index in [1.807, 2.05) is 13.0 Å². The van der Waals surface area contributed by atoms with Crippen LogP contribution in [0.3, 0.4) is 0 Å². The minimum Gasteiger partial charge on any atom is -0.454 e. The van der Waals surface area contributed by atoms with Crippen LogP contribution in [0.1, 0.15) is 18.1 Å². The molecule has 0 radical (unpaired) electrons. The summed E-state index contributed by atoms with van der Waals surface area (Å²) in [5, 5.41) is 0.577. The van der Waals surface area contributed by atoms with Gasteiger partial charge in [-0.25, -0.2) is 4.39 Å². The summed E-state index contributed by atoms with van der Waals surface area (Å²) in [6.07, 6.45) is 0.692. The molecule has 1 atom stereocenters. The zero-order chi connectivity index (χ0) is 14.7. The summed E-state index contributed by atoms with van der Waals surface area (Å²) in [4.78, 5) is 0. The lowest BCUT2D eigenvalue weighted by Crippen LogP contribution is -2.17. The summed E-state index contributed by atoms with van der Waals surface area (Å²) in [5.74, 6) is 0.345. The molecule has 0 saturated heterocycles. The summed E-state index contributed by atoms with van der Waals surface area (Å²) in [7, 11) is 0. The van der Waals surface area contributed by atoms with E-state index in [1.165, 1.54) is 0 Å². The van der Waals surface area contributed by atoms with Crippen LogP contribution in [0.2, 0.25) is 5.02 Å². The fourth-order valence-corrected chi connectivity index (χ4v) is 2.18. The van der Waals surface area contributed by atoms with Crippen LogP contribution in [-0.4, -0.2) is 6.04 Å². The Morgan fingerprint density at radius 1 is 1.30 bits per heavy atom. The number of benzene rings is 2. The second kappa shape index (κ2) is 6.25. The van der Waals surface area contributed by atoms with Crippen LogP contribution in [0, 0.1) is 12.7 Å². The van der Waals surface area contributed by atoms with Crippen molar-refractivity contribution in [2.75, 3.05) is 0 Å². The lowest BCUT2D eigenvalue weighted by Gasteiger charge is -2.11. The molecular formula is C16H17ClFNO. The van der Waals surface area contributed by atoms with E-state index in [1.54, 1.807) is 37.3 Å². The van der Waals surface area contributed by atoms with E-state index in [9.17, 15) is 4.39 Å². The molecule has 0 saturated carbocycles. The topological polar surface area (TPSA) is 35.2 Å². The Morgan fingerprint density at radius 3 is 2.70 bits per heavy atom. The Kier molecular flexibility index (Phi) is 4.63. The molecule has 2 nitrogen and oxygen atoms in total. The van der Waals surface area contributed by atoms with Crippen LogP contribution >= 0.6 is 11.6 Å². The Bertz CT molecular complexity index is 613. The first-order chi connectivity index (χ1) is 9.47. The fourth-order valence-electron chi connectivity index (χ4n) is 1.93. The highest BCUT2D eigenvalue weighted by Gasteiger charge is 2.09. The normalized spacial score (nSPS) is 12.2. The smallest absolute Gasteiger partial charge is 0.168 e. The number of aryl methyl sites for hydroxylation is 1. The quantitative estimate of drug-likeness (QED) is 0.902. The van der Waals surface area contributed by atoms with E-state index in [0.717, 1.165) is 5.56 Å². The second-order valence-electron chi connectivity index (χ2n) is 4.92. The predicted molar refractivity (Wildman–Crippen MR) is 80.0 cm³/mol. The van der Waals surface area contributed by atoms with Crippen molar-refractivity contribution in [1.82, 2.24) is 0 Å². The lowest BCUT2D eigenvalue weighted by molar-refractivity contribution is 0.440. The molecular weight excluding hydrogens is 277 g/mol. The predicted octanol–water partition coefficient (Wildman–Crippen LogP) is 4.47. The van der Waals surface area contributed by atoms with Gasteiger partial charge in [0.15, 0.2) is 11.6 Å². The van der Waals surface area contributed by atoms with E-state index in [-0.39, 0.29) is 17.6 Å². The van der Waals surface area contributed by atoms with Crippen molar-refractivity contribution >= 4 is 11.6 Å².